The van der Waals surface area contributed by atoms with E-state index in [0.29, 0.717) is 42.6 Å². The summed E-state index contributed by atoms with van der Waals surface area (Å²) >= 11 is 0. The molecule has 1 fully saturated rings. The number of hydrogen-bond acceptors (Lipinski definition) is 4. The molecule has 142 valence electrons. The second-order valence-corrected chi connectivity index (χ2v) is 6.72. The minimum Gasteiger partial charge on any atom is -0.338 e. The highest BCUT2D eigenvalue weighted by molar-refractivity contribution is 5.94. The summed E-state index contributed by atoms with van der Waals surface area (Å²) in [6.07, 6.45) is 1.24. The third-order valence-electron chi connectivity index (χ3n) is 4.99. The molecule has 1 aromatic heterocycles. The second-order valence-electron chi connectivity index (χ2n) is 6.72. The molecular weight excluding hydrogens is 356 g/mol. The Hall–Kier alpha value is -3.48. The van der Waals surface area contributed by atoms with Crippen LogP contribution in [0.1, 0.15) is 10.4 Å². The first-order chi connectivity index (χ1) is 13.6. The molecular formula is C21H20N4O3. The van der Waals surface area contributed by atoms with Gasteiger partial charge in [-0.3, -0.25) is 19.1 Å². The van der Waals surface area contributed by atoms with Gasteiger partial charge in [0, 0.05) is 37.1 Å². The Morgan fingerprint density at radius 3 is 2.25 bits per heavy atom. The smallest absolute Gasteiger partial charge is 0.253 e. The average Bonchev–Trinajstić information content (AvgIpc) is 2.76. The van der Waals surface area contributed by atoms with Gasteiger partial charge in [0.1, 0.15) is 6.54 Å². The number of para-hydroxylation sites is 1. The van der Waals surface area contributed by atoms with Gasteiger partial charge >= 0.3 is 0 Å². The number of aromatic nitrogens is 2. The van der Waals surface area contributed by atoms with E-state index in [1.807, 2.05) is 24.3 Å². The maximum Gasteiger partial charge on any atom is 0.253 e. The number of carbonyl (C=O) groups is 2. The highest BCUT2D eigenvalue weighted by Gasteiger charge is 2.25. The molecule has 0 spiro atoms. The zero-order valence-electron chi connectivity index (χ0n) is 15.3. The minimum absolute atomic E-state index is 0.0132. The second kappa shape index (κ2) is 7.64. The predicted octanol–water partition coefficient (Wildman–Crippen LogP) is 1.38. The average molecular weight is 376 g/mol. The van der Waals surface area contributed by atoms with Crippen molar-refractivity contribution >= 4 is 22.7 Å². The third kappa shape index (κ3) is 3.51. The fourth-order valence-electron chi connectivity index (χ4n) is 3.44. The van der Waals surface area contributed by atoms with E-state index in [1.165, 1.54) is 6.20 Å². The van der Waals surface area contributed by atoms with Crippen LogP contribution >= 0.6 is 0 Å². The molecule has 28 heavy (non-hydrogen) atoms. The first-order valence-corrected chi connectivity index (χ1v) is 9.20. The van der Waals surface area contributed by atoms with Crippen LogP contribution in [-0.2, 0) is 11.3 Å². The minimum atomic E-state index is -0.160. The highest BCUT2D eigenvalue weighted by atomic mass is 16.2. The van der Waals surface area contributed by atoms with Gasteiger partial charge in [-0.2, -0.15) is 5.10 Å². The van der Waals surface area contributed by atoms with Gasteiger partial charge in [0.05, 0.1) is 11.7 Å². The largest absolute Gasteiger partial charge is 0.338 e. The van der Waals surface area contributed by atoms with Gasteiger partial charge in [-0.15, -0.1) is 0 Å². The van der Waals surface area contributed by atoms with Crippen LogP contribution in [0.25, 0.3) is 10.9 Å². The van der Waals surface area contributed by atoms with E-state index in [0.717, 1.165) is 0 Å². The van der Waals surface area contributed by atoms with Gasteiger partial charge in [-0.25, -0.2) is 0 Å². The van der Waals surface area contributed by atoms with Gasteiger partial charge in [-0.05, 0) is 24.3 Å². The number of hydrogen-bond donors (Lipinski definition) is 0. The zero-order valence-corrected chi connectivity index (χ0v) is 15.3. The number of fused-ring (bicyclic) bond motifs is 1. The number of piperazine rings is 1. The molecule has 0 N–H and O–H groups in total. The molecule has 1 saturated heterocycles. The van der Waals surface area contributed by atoms with Gasteiger partial charge in [0.25, 0.3) is 5.91 Å². The summed E-state index contributed by atoms with van der Waals surface area (Å²) in [6, 6.07) is 16.3. The van der Waals surface area contributed by atoms with Crippen LogP contribution in [0, 0.1) is 0 Å². The lowest BCUT2D eigenvalue weighted by molar-refractivity contribution is -0.133. The first-order valence-electron chi connectivity index (χ1n) is 9.20. The van der Waals surface area contributed by atoms with Crippen molar-refractivity contribution in [2.75, 3.05) is 26.2 Å². The van der Waals surface area contributed by atoms with E-state index in [4.69, 9.17) is 0 Å². The molecule has 4 rings (SSSR count). The summed E-state index contributed by atoms with van der Waals surface area (Å²) in [5.74, 6) is -0.0890. The summed E-state index contributed by atoms with van der Waals surface area (Å²) < 4.78 is 1.56. The van der Waals surface area contributed by atoms with Crippen molar-refractivity contribution in [2.24, 2.45) is 0 Å². The van der Waals surface area contributed by atoms with Crippen molar-refractivity contribution in [1.82, 2.24) is 19.6 Å². The monoisotopic (exact) mass is 376 g/mol. The Labute approximate surface area is 161 Å². The van der Waals surface area contributed by atoms with Crippen LogP contribution in [0.4, 0.5) is 0 Å². The van der Waals surface area contributed by atoms with Crippen molar-refractivity contribution < 1.29 is 9.59 Å². The zero-order chi connectivity index (χ0) is 19.5. The number of nitrogens with zero attached hydrogens (tertiary/aromatic N) is 4. The number of amides is 2. The van der Waals surface area contributed by atoms with Crippen LogP contribution in [0.2, 0.25) is 0 Å². The normalized spacial score (nSPS) is 14.3. The quantitative estimate of drug-likeness (QED) is 0.692. The maximum atomic E-state index is 12.7. The van der Waals surface area contributed by atoms with E-state index in [2.05, 4.69) is 5.10 Å². The standard InChI is InChI=1S/C21H20N4O3/c26-19-14-22-25(18-9-5-4-8-17(18)19)15-20(27)23-10-12-24(13-11-23)21(28)16-6-2-1-3-7-16/h1-9,14H,10-13,15H2. The Morgan fingerprint density at radius 2 is 1.50 bits per heavy atom. The van der Waals surface area contributed by atoms with Gasteiger partial charge in [-0.1, -0.05) is 30.3 Å². The Balaban J connectivity index is 1.42. The van der Waals surface area contributed by atoms with E-state index in [9.17, 15) is 14.4 Å². The predicted molar refractivity (Wildman–Crippen MR) is 105 cm³/mol. The number of benzene rings is 2. The number of carbonyl (C=O) groups excluding carboxylic acids is 2. The summed E-state index contributed by atoms with van der Waals surface area (Å²) in [4.78, 5) is 40.7. The van der Waals surface area contributed by atoms with Gasteiger partial charge in [0.15, 0.2) is 0 Å². The van der Waals surface area contributed by atoms with E-state index < -0.39 is 0 Å². The van der Waals surface area contributed by atoms with Crippen molar-refractivity contribution in [3.8, 4) is 0 Å². The van der Waals surface area contributed by atoms with Gasteiger partial charge < -0.3 is 9.80 Å². The van der Waals surface area contributed by atoms with Crippen molar-refractivity contribution in [3.63, 3.8) is 0 Å². The SMILES string of the molecule is O=C(Cn1ncc(=O)c2ccccc21)N1CCN(C(=O)c2ccccc2)CC1. The third-order valence-corrected chi connectivity index (χ3v) is 4.99. The molecule has 1 aliphatic heterocycles. The molecule has 0 radical (unpaired) electrons. The number of rotatable bonds is 3. The summed E-state index contributed by atoms with van der Waals surface area (Å²) in [5.41, 5.74) is 1.14. The molecule has 0 bridgehead atoms. The summed E-state index contributed by atoms with van der Waals surface area (Å²) in [7, 11) is 0. The lowest BCUT2D eigenvalue weighted by atomic mass is 10.2. The summed E-state index contributed by atoms with van der Waals surface area (Å²) in [5, 5.41) is 4.66. The fraction of sp³-hybridized carbons (Fsp3) is 0.238. The molecule has 7 heteroatoms. The Morgan fingerprint density at radius 1 is 0.857 bits per heavy atom. The molecule has 1 aliphatic rings. The molecule has 3 aromatic rings. The van der Waals surface area contributed by atoms with Crippen molar-refractivity contribution in [3.05, 3.63) is 76.6 Å². The fourth-order valence-corrected chi connectivity index (χ4v) is 3.44. The van der Waals surface area contributed by atoms with Crippen molar-refractivity contribution in [2.45, 2.75) is 6.54 Å². The lowest BCUT2D eigenvalue weighted by Crippen LogP contribution is -2.51. The maximum absolute atomic E-state index is 12.7. The molecule has 2 aromatic carbocycles. The van der Waals surface area contributed by atoms with Crippen LogP contribution in [0.15, 0.2) is 65.6 Å². The molecule has 2 amide bonds. The van der Waals surface area contributed by atoms with Crippen LogP contribution in [0.3, 0.4) is 0 Å². The van der Waals surface area contributed by atoms with Crippen LogP contribution in [-0.4, -0.2) is 57.6 Å². The molecule has 0 unspecified atom stereocenters. The van der Waals surface area contributed by atoms with E-state index >= 15 is 0 Å². The molecule has 0 saturated carbocycles. The lowest BCUT2D eigenvalue weighted by Gasteiger charge is -2.35. The molecule has 7 nitrogen and oxygen atoms in total. The first kappa shape index (κ1) is 17.9. The van der Waals surface area contributed by atoms with E-state index in [1.54, 1.807) is 44.8 Å². The topological polar surface area (TPSA) is 75.5 Å². The highest BCUT2D eigenvalue weighted by Crippen LogP contribution is 2.11. The van der Waals surface area contributed by atoms with Crippen molar-refractivity contribution in [1.29, 1.82) is 0 Å². The van der Waals surface area contributed by atoms with E-state index in [-0.39, 0.29) is 23.8 Å². The van der Waals surface area contributed by atoms with Crippen LogP contribution < -0.4 is 5.43 Å². The molecule has 0 atom stereocenters. The molecule has 0 aliphatic carbocycles. The summed E-state index contributed by atoms with van der Waals surface area (Å²) in [6.45, 7) is 2.02. The van der Waals surface area contributed by atoms with Crippen LogP contribution in [0.5, 0.6) is 0 Å². The Kier molecular flexibility index (Phi) is 4.89. The molecule has 2 heterocycles. The van der Waals surface area contributed by atoms with Gasteiger partial charge in [0.2, 0.25) is 11.3 Å². The Bertz CT molecular complexity index is 1070.